The first-order chi connectivity index (χ1) is 8.16. The molecule has 0 aliphatic rings. The van der Waals surface area contributed by atoms with Gasteiger partial charge in [-0.2, -0.15) is 0 Å². The highest BCUT2D eigenvalue weighted by Gasteiger charge is 2.00. The second-order valence-electron chi connectivity index (χ2n) is 4.44. The highest BCUT2D eigenvalue weighted by molar-refractivity contribution is 7.80. The van der Waals surface area contributed by atoms with Crippen molar-refractivity contribution < 1.29 is 4.79 Å². The Morgan fingerprint density at radius 1 is 1.06 bits per heavy atom. The van der Waals surface area contributed by atoms with E-state index in [1.54, 1.807) is 0 Å². The number of carbonyl (C=O) groups excluding carboxylic acids is 1. The van der Waals surface area contributed by atoms with E-state index >= 15 is 0 Å². The number of unbranched alkanes of at least 4 members (excludes halogenated alkanes) is 5. The lowest BCUT2D eigenvalue weighted by atomic mass is 10.1. The fraction of sp³-hybridized carbons (Fsp3) is 0.846. The molecule has 3 nitrogen and oxygen atoms in total. The second kappa shape index (κ2) is 11.8. The van der Waals surface area contributed by atoms with Crippen molar-refractivity contribution in [1.29, 1.82) is 0 Å². The molecule has 0 aromatic rings. The molecule has 0 spiro atoms. The van der Waals surface area contributed by atoms with Gasteiger partial charge >= 0.3 is 0 Å². The van der Waals surface area contributed by atoms with E-state index in [0.717, 1.165) is 32.2 Å². The smallest absolute Gasteiger partial charge is 0.219 e. The van der Waals surface area contributed by atoms with Crippen LogP contribution >= 0.6 is 12.2 Å². The molecular formula is C13H26N2OS. The summed E-state index contributed by atoms with van der Waals surface area (Å²) in [5, 5.41) is 2.92. The number of amides is 1. The van der Waals surface area contributed by atoms with Gasteiger partial charge in [-0.3, -0.25) is 4.79 Å². The summed E-state index contributed by atoms with van der Waals surface area (Å²) in [4.78, 5) is 12.0. The van der Waals surface area contributed by atoms with Gasteiger partial charge in [-0.25, -0.2) is 0 Å². The Hall–Kier alpha value is -0.640. The normalized spacial score (nSPS) is 10.2. The Bertz CT molecular complexity index is 219. The lowest BCUT2D eigenvalue weighted by Crippen LogP contribution is -2.24. The molecule has 0 aliphatic carbocycles. The lowest BCUT2D eigenvalue weighted by molar-refractivity contribution is -0.121. The maximum Gasteiger partial charge on any atom is 0.219 e. The summed E-state index contributed by atoms with van der Waals surface area (Å²) >= 11 is 4.78. The molecule has 100 valence electrons. The highest BCUT2D eigenvalue weighted by atomic mass is 32.1. The van der Waals surface area contributed by atoms with Gasteiger partial charge in [0.25, 0.3) is 0 Å². The Morgan fingerprint density at radius 3 is 2.35 bits per heavy atom. The Balaban J connectivity index is 3.20. The number of rotatable bonds is 11. The van der Waals surface area contributed by atoms with Gasteiger partial charge < -0.3 is 11.1 Å². The van der Waals surface area contributed by atoms with E-state index < -0.39 is 0 Å². The number of hydrogen-bond acceptors (Lipinski definition) is 2. The van der Waals surface area contributed by atoms with Crippen LogP contribution in [0.5, 0.6) is 0 Å². The van der Waals surface area contributed by atoms with Crippen molar-refractivity contribution in [3.8, 4) is 0 Å². The van der Waals surface area contributed by atoms with Gasteiger partial charge in [0.2, 0.25) is 5.91 Å². The van der Waals surface area contributed by atoms with E-state index in [1.807, 2.05) is 0 Å². The molecule has 0 bridgehead atoms. The molecule has 3 N–H and O–H groups in total. The van der Waals surface area contributed by atoms with E-state index in [1.165, 1.54) is 25.7 Å². The number of hydrogen-bond donors (Lipinski definition) is 2. The van der Waals surface area contributed by atoms with Crippen LogP contribution in [0.3, 0.4) is 0 Å². The minimum atomic E-state index is 0.178. The first-order valence-corrected chi connectivity index (χ1v) is 7.12. The SMILES string of the molecule is CCCCCCCC(=O)NCCCCC(N)=S. The van der Waals surface area contributed by atoms with Gasteiger partial charge in [-0.1, -0.05) is 44.8 Å². The summed E-state index contributed by atoms with van der Waals surface area (Å²) in [6.45, 7) is 2.94. The van der Waals surface area contributed by atoms with E-state index in [2.05, 4.69) is 12.2 Å². The van der Waals surface area contributed by atoms with Crippen LogP contribution in [-0.4, -0.2) is 17.4 Å². The fourth-order valence-corrected chi connectivity index (χ4v) is 1.77. The van der Waals surface area contributed by atoms with Crippen molar-refractivity contribution >= 4 is 23.1 Å². The average Bonchev–Trinajstić information content (AvgIpc) is 2.28. The summed E-state index contributed by atoms with van der Waals surface area (Å²) in [6.07, 6.45) is 9.32. The average molecular weight is 258 g/mol. The molecule has 0 saturated carbocycles. The topological polar surface area (TPSA) is 55.1 Å². The van der Waals surface area contributed by atoms with Crippen molar-refractivity contribution in [2.75, 3.05) is 6.54 Å². The summed E-state index contributed by atoms with van der Waals surface area (Å²) in [6, 6.07) is 0. The third kappa shape index (κ3) is 13.3. The zero-order valence-electron chi connectivity index (χ0n) is 11.0. The third-order valence-corrected chi connectivity index (χ3v) is 2.88. The molecule has 0 aromatic heterocycles. The third-order valence-electron chi connectivity index (χ3n) is 2.68. The summed E-state index contributed by atoms with van der Waals surface area (Å²) in [5.41, 5.74) is 5.38. The van der Waals surface area contributed by atoms with Gasteiger partial charge in [0.05, 0.1) is 4.99 Å². The Labute approximate surface area is 111 Å². The van der Waals surface area contributed by atoms with Gasteiger partial charge in [0.15, 0.2) is 0 Å². The van der Waals surface area contributed by atoms with Crippen LogP contribution in [0.15, 0.2) is 0 Å². The molecule has 0 radical (unpaired) electrons. The first kappa shape index (κ1) is 16.4. The minimum absolute atomic E-state index is 0.178. The summed E-state index contributed by atoms with van der Waals surface area (Å²) in [7, 11) is 0. The van der Waals surface area contributed by atoms with Crippen molar-refractivity contribution in [2.45, 2.75) is 64.7 Å². The van der Waals surface area contributed by atoms with Crippen LogP contribution in [-0.2, 0) is 4.79 Å². The van der Waals surface area contributed by atoms with Crippen LogP contribution < -0.4 is 11.1 Å². The zero-order valence-corrected chi connectivity index (χ0v) is 11.8. The molecule has 0 rings (SSSR count). The van der Waals surface area contributed by atoms with E-state index in [9.17, 15) is 4.79 Å². The van der Waals surface area contributed by atoms with Crippen LogP contribution in [0.1, 0.15) is 64.7 Å². The summed E-state index contributed by atoms with van der Waals surface area (Å²) in [5.74, 6) is 0.178. The zero-order chi connectivity index (χ0) is 12.9. The van der Waals surface area contributed by atoms with Crippen LogP contribution in [0.25, 0.3) is 0 Å². The molecule has 0 saturated heterocycles. The van der Waals surface area contributed by atoms with Crippen molar-refractivity contribution in [2.24, 2.45) is 5.73 Å². The molecule has 0 atom stereocenters. The standard InChI is InChI=1S/C13H26N2OS/c1-2-3-4-5-6-10-13(16)15-11-8-7-9-12(14)17/h2-11H2,1H3,(H2,14,17)(H,15,16). The predicted molar refractivity (Wildman–Crippen MR) is 77.0 cm³/mol. The molecule has 1 amide bonds. The number of nitrogens with one attached hydrogen (secondary N) is 1. The quantitative estimate of drug-likeness (QED) is 0.442. The van der Waals surface area contributed by atoms with Crippen molar-refractivity contribution in [3.63, 3.8) is 0 Å². The van der Waals surface area contributed by atoms with Gasteiger partial charge in [0.1, 0.15) is 0 Å². The molecule has 0 unspecified atom stereocenters. The molecule has 17 heavy (non-hydrogen) atoms. The fourth-order valence-electron chi connectivity index (χ4n) is 1.63. The Kier molecular flexibility index (Phi) is 11.4. The summed E-state index contributed by atoms with van der Waals surface area (Å²) < 4.78 is 0. The lowest BCUT2D eigenvalue weighted by Gasteiger charge is -2.04. The highest BCUT2D eigenvalue weighted by Crippen LogP contribution is 2.04. The molecule has 0 heterocycles. The monoisotopic (exact) mass is 258 g/mol. The van der Waals surface area contributed by atoms with Crippen LogP contribution in [0.2, 0.25) is 0 Å². The van der Waals surface area contributed by atoms with Crippen molar-refractivity contribution in [1.82, 2.24) is 5.32 Å². The number of thiocarbonyl (C=S) groups is 1. The van der Waals surface area contributed by atoms with Crippen LogP contribution in [0, 0.1) is 0 Å². The van der Waals surface area contributed by atoms with E-state index in [-0.39, 0.29) is 5.91 Å². The van der Waals surface area contributed by atoms with Gasteiger partial charge in [-0.05, 0) is 25.7 Å². The minimum Gasteiger partial charge on any atom is -0.393 e. The second-order valence-corrected chi connectivity index (χ2v) is 4.96. The molecule has 0 fully saturated rings. The van der Waals surface area contributed by atoms with E-state index in [4.69, 9.17) is 18.0 Å². The van der Waals surface area contributed by atoms with Crippen LogP contribution in [0.4, 0.5) is 0 Å². The molecule has 0 aromatic carbocycles. The predicted octanol–water partition coefficient (Wildman–Crippen LogP) is 2.92. The largest absolute Gasteiger partial charge is 0.393 e. The first-order valence-electron chi connectivity index (χ1n) is 6.71. The van der Waals surface area contributed by atoms with E-state index in [0.29, 0.717) is 11.4 Å². The number of carbonyl (C=O) groups is 1. The molecular weight excluding hydrogens is 232 g/mol. The maximum atomic E-state index is 11.4. The maximum absolute atomic E-state index is 11.4. The van der Waals surface area contributed by atoms with Gasteiger partial charge in [-0.15, -0.1) is 0 Å². The molecule has 0 aliphatic heterocycles. The number of nitrogens with two attached hydrogens (primary N) is 1. The Morgan fingerprint density at radius 2 is 1.71 bits per heavy atom. The van der Waals surface area contributed by atoms with Crippen molar-refractivity contribution in [3.05, 3.63) is 0 Å². The molecule has 4 heteroatoms. The van der Waals surface area contributed by atoms with Gasteiger partial charge in [0, 0.05) is 13.0 Å².